The van der Waals surface area contributed by atoms with Crippen LogP contribution in [0.25, 0.3) is 0 Å². The number of aromatic nitrogens is 2. The first-order chi connectivity index (χ1) is 14.2. The molecule has 0 saturated carbocycles. The van der Waals surface area contributed by atoms with E-state index >= 15 is 0 Å². The van der Waals surface area contributed by atoms with E-state index in [1.54, 1.807) is 4.68 Å². The lowest BCUT2D eigenvalue weighted by Crippen LogP contribution is -2.48. The van der Waals surface area contributed by atoms with E-state index in [-0.39, 0.29) is 36.0 Å². The molecule has 8 nitrogen and oxygen atoms in total. The van der Waals surface area contributed by atoms with Crippen LogP contribution in [0.2, 0.25) is 0 Å². The molecule has 3 rings (SSSR count). The van der Waals surface area contributed by atoms with Crippen LogP contribution >= 0.6 is 24.0 Å². The van der Waals surface area contributed by atoms with Crippen LogP contribution in [-0.2, 0) is 11.8 Å². The Balaban J connectivity index is 0.00000320. The number of carbonyl (C=O) groups excluding carboxylic acids is 1. The van der Waals surface area contributed by atoms with Crippen molar-refractivity contribution in [1.82, 2.24) is 25.3 Å². The van der Waals surface area contributed by atoms with Gasteiger partial charge in [-0.2, -0.15) is 5.10 Å². The highest BCUT2D eigenvalue weighted by atomic mass is 127. The Morgan fingerprint density at radius 3 is 2.80 bits per heavy atom. The van der Waals surface area contributed by atoms with E-state index in [4.69, 9.17) is 9.73 Å². The summed E-state index contributed by atoms with van der Waals surface area (Å²) >= 11 is 0. The van der Waals surface area contributed by atoms with Crippen LogP contribution in [0.4, 0.5) is 0 Å². The molecule has 1 saturated heterocycles. The fourth-order valence-electron chi connectivity index (χ4n) is 3.23. The molecule has 1 aliphatic rings. The summed E-state index contributed by atoms with van der Waals surface area (Å²) in [5.41, 5.74) is 1.76. The predicted octanol–water partition coefficient (Wildman–Crippen LogP) is 2.20. The summed E-state index contributed by atoms with van der Waals surface area (Å²) < 4.78 is 7.71. The first-order valence-electron chi connectivity index (χ1n) is 10.1. The number of halogens is 1. The van der Waals surface area contributed by atoms with Crippen LogP contribution in [0, 0.1) is 0 Å². The van der Waals surface area contributed by atoms with E-state index in [1.165, 1.54) is 0 Å². The second-order valence-electron chi connectivity index (χ2n) is 6.96. The number of hydrogen-bond donors (Lipinski definition) is 2. The maximum Gasteiger partial charge on any atom is 0.251 e. The smallest absolute Gasteiger partial charge is 0.251 e. The van der Waals surface area contributed by atoms with E-state index in [2.05, 4.69) is 27.6 Å². The topological polar surface area (TPSA) is 83.8 Å². The molecule has 1 aliphatic heterocycles. The molecule has 0 radical (unpaired) electrons. The van der Waals surface area contributed by atoms with Gasteiger partial charge in [-0.25, -0.2) is 0 Å². The molecule has 30 heavy (non-hydrogen) atoms. The maximum atomic E-state index is 12.1. The van der Waals surface area contributed by atoms with Gasteiger partial charge >= 0.3 is 0 Å². The van der Waals surface area contributed by atoms with Crippen LogP contribution < -0.4 is 10.6 Å². The molecule has 1 amide bonds. The average Bonchev–Trinajstić information content (AvgIpc) is 3.19. The number of rotatable bonds is 7. The first kappa shape index (κ1) is 24.1. The molecule has 0 aliphatic carbocycles. The minimum atomic E-state index is -0.0472. The third-order valence-electron chi connectivity index (χ3n) is 4.72. The number of hydrogen-bond acceptors (Lipinski definition) is 4. The molecule has 1 unspecified atom stereocenters. The molecule has 1 fully saturated rings. The van der Waals surface area contributed by atoms with Crippen LogP contribution in [0.5, 0.6) is 0 Å². The summed E-state index contributed by atoms with van der Waals surface area (Å²) in [5, 5.41) is 10.6. The van der Waals surface area contributed by atoms with E-state index in [1.807, 2.05) is 49.8 Å². The monoisotopic (exact) mass is 526 g/mol. The molecular formula is C21H31IN6O2. The summed E-state index contributed by atoms with van der Waals surface area (Å²) in [5.74, 6) is 0.841. The molecule has 1 aromatic heterocycles. The largest absolute Gasteiger partial charge is 0.370 e. The van der Waals surface area contributed by atoms with E-state index < -0.39 is 0 Å². The second kappa shape index (κ2) is 12.5. The fraction of sp³-hybridized carbons (Fsp3) is 0.476. The maximum absolute atomic E-state index is 12.1. The number of morpholine rings is 1. The van der Waals surface area contributed by atoms with Gasteiger partial charge in [-0.3, -0.25) is 14.5 Å². The fourth-order valence-corrected chi connectivity index (χ4v) is 3.23. The number of nitrogens with zero attached hydrogens (tertiary/aromatic N) is 4. The summed E-state index contributed by atoms with van der Waals surface area (Å²) in [6.45, 7) is 6.30. The van der Waals surface area contributed by atoms with Gasteiger partial charge in [0.25, 0.3) is 5.91 Å². The third-order valence-corrected chi connectivity index (χ3v) is 4.72. The quantitative estimate of drug-likeness (QED) is 0.250. The van der Waals surface area contributed by atoms with Crippen molar-refractivity contribution in [3.05, 3.63) is 53.9 Å². The lowest BCUT2D eigenvalue weighted by atomic mass is 10.1. The van der Waals surface area contributed by atoms with Gasteiger partial charge < -0.3 is 20.3 Å². The number of guanidine groups is 1. The lowest BCUT2D eigenvalue weighted by Gasteiger charge is -2.34. The minimum Gasteiger partial charge on any atom is -0.370 e. The number of ether oxygens (including phenoxy) is 1. The number of amides is 1. The van der Waals surface area contributed by atoms with Crippen molar-refractivity contribution in [2.24, 2.45) is 12.0 Å². The number of nitrogens with one attached hydrogen (secondary N) is 2. The van der Waals surface area contributed by atoms with Crippen LogP contribution in [-0.4, -0.2) is 65.9 Å². The Hall–Kier alpha value is -2.14. The van der Waals surface area contributed by atoms with Crippen molar-refractivity contribution >= 4 is 35.8 Å². The van der Waals surface area contributed by atoms with Crippen LogP contribution in [0.15, 0.2) is 47.7 Å². The molecule has 1 aromatic carbocycles. The predicted molar refractivity (Wildman–Crippen MR) is 128 cm³/mol. The first-order valence-corrected chi connectivity index (χ1v) is 10.1. The van der Waals surface area contributed by atoms with Gasteiger partial charge in [0.2, 0.25) is 0 Å². The van der Waals surface area contributed by atoms with Gasteiger partial charge in [0.15, 0.2) is 5.96 Å². The molecule has 2 heterocycles. The van der Waals surface area contributed by atoms with E-state index in [0.29, 0.717) is 25.3 Å². The van der Waals surface area contributed by atoms with Gasteiger partial charge in [-0.05, 0) is 25.5 Å². The van der Waals surface area contributed by atoms with Crippen molar-refractivity contribution < 1.29 is 9.53 Å². The number of aryl methyl sites for hydroxylation is 1. The SMILES string of the molecule is CCNC(=NCCCNC(=O)c1ccccc1)N1CCOC(c2cnn(C)c2)C1.I. The molecule has 2 aromatic rings. The molecule has 9 heteroatoms. The number of aliphatic imine (C=N–C) groups is 1. The van der Waals surface area contributed by atoms with Crippen LogP contribution in [0.1, 0.15) is 35.4 Å². The zero-order valence-electron chi connectivity index (χ0n) is 17.6. The molecule has 2 N–H and O–H groups in total. The van der Waals surface area contributed by atoms with Crippen LogP contribution in [0.3, 0.4) is 0 Å². The molecule has 1 atom stereocenters. The third kappa shape index (κ3) is 6.98. The van der Waals surface area contributed by atoms with Crippen molar-refractivity contribution in [1.29, 1.82) is 0 Å². The summed E-state index contributed by atoms with van der Waals surface area (Å²) in [6, 6.07) is 9.26. The average molecular weight is 526 g/mol. The van der Waals surface area contributed by atoms with Gasteiger partial charge in [-0.1, -0.05) is 18.2 Å². The normalized spacial score (nSPS) is 16.7. The molecular weight excluding hydrogens is 495 g/mol. The summed E-state index contributed by atoms with van der Waals surface area (Å²) in [7, 11) is 1.91. The van der Waals surface area contributed by atoms with Gasteiger partial charge in [-0.15, -0.1) is 24.0 Å². The van der Waals surface area contributed by atoms with E-state index in [9.17, 15) is 4.79 Å². The van der Waals surface area contributed by atoms with Crippen molar-refractivity contribution in [2.45, 2.75) is 19.4 Å². The molecule has 164 valence electrons. The lowest BCUT2D eigenvalue weighted by molar-refractivity contribution is -0.00804. The second-order valence-corrected chi connectivity index (χ2v) is 6.96. The number of carbonyl (C=O) groups is 1. The zero-order chi connectivity index (χ0) is 20.5. The Bertz CT molecular complexity index is 811. The van der Waals surface area contributed by atoms with Gasteiger partial charge in [0, 0.05) is 50.6 Å². The molecule has 0 bridgehead atoms. The zero-order valence-corrected chi connectivity index (χ0v) is 19.9. The Morgan fingerprint density at radius 1 is 1.30 bits per heavy atom. The number of benzene rings is 1. The Labute approximate surface area is 195 Å². The molecule has 0 spiro atoms. The van der Waals surface area contributed by atoms with Crippen molar-refractivity contribution in [3.63, 3.8) is 0 Å². The summed E-state index contributed by atoms with van der Waals surface area (Å²) in [6.07, 6.45) is 4.62. The van der Waals surface area contributed by atoms with Crippen molar-refractivity contribution in [3.8, 4) is 0 Å². The minimum absolute atomic E-state index is 0. The summed E-state index contributed by atoms with van der Waals surface area (Å²) in [4.78, 5) is 19.0. The van der Waals surface area contributed by atoms with Gasteiger partial charge in [0.1, 0.15) is 6.10 Å². The highest BCUT2D eigenvalue weighted by Gasteiger charge is 2.25. The van der Waals surface area contributed by atoms with Gasteiger partial charge in [0.05, 0.1) is 19.3 Å². The standard InChI is InChI=1S/C21H30N6O2.HI/c1-3-22-21(24-11-7-10-23-20(28)17-8-5-4-6-9-17)27-12-13-29-19(16-27)18-14-25-26(2)15-18;/h4-6,8-9,14-15,19H,3,7,10-13,16H2,1-2H3,(H,22,24)(H,23,28);1H. The Morgan fingerprint density at radius 2 is 2.10 bits per heavy atom. The van der Waals surface area contributed by atoms with Crippen molar-refractivity contribution in [2.75, 3.05) is 39.3 Å². The highest BCUT2D eigenvalue weighted by Crippen LogP contribution is 2.21. The Kier molecular flexibility index (Phi) is 10.1. The van der Waals surface area contributed by atoms with E-state index in [0.717, 1.165) is 37.6 Å². The highest BCUT2D eigenvalue weighted by molar-refractivity contribution is 14.0.